The summed E-state index contributed by atoms with van der Waals surface area (Å²) in [6.45, 7) is 3.96. The van der Waals surface area contributed by atoms with Crippen molar-refractivity contribution in [1.29, 1.82) is 0 Å². The van der Waals surface area contributed by atoms with Crippen LogP contribution in [0.5, 0.6) is 0 Å². The van der Waals surface area contributed by atoms with Crippen LogP contribution in [0.15, 0.2) is 59.3 Å². The second-order valence-corrected chi connectivity index (χ2v) is 10.9. The Morgan fingerprint density at radius 1 is 1.05 bits per heavy atom. The number of benzene rings is 2. The second-order valence-electron chi connectivity index (χ2n) is 10.1. The molecule has 7 nitrogen and oxygen atoms in total. The number of amides is 1. The summed E-state index contributed by atoms with van der Waals surface area (Å²) in [5, 5.41) is 12.9. The van der Waals surface area contributed by atoms with E-state index in [9.17, 15) is 9.59 Å². The van der Waals surface area contributed by atoms with Gasteiger partial charge in [0.1, 0.15) is 0 Å². The first-order valence-corrected chi connectivity index (χ1v) is 13.9. The third-order valence-corrected chi connectivity index (χ3v) is 8.24. The number of anilines is 1. The summed E-state index contributed by atoms with van der Waals surface area (Å²) in [6.07, 6.45) is 2.70. The van der Waals surface area contributed by atoms with Gasteiger partial charge in [-0.25, -0.2) is 0 Å². The number of carbonyl (C=O) groups excluding carboxylic acids is 2. The summed E-state index contributed by atoms with van der Waals surface area (Å²) in [5.41, 5.74) is 5.80. The number of likely N-dealkylation sites (tertiary alicyclic amines) is 1. The van der Waals surface area contributed by atoms with E-state index in [1.54, 1.807) is 11.3 Å². The minimum absolute atomic E-state index is 0.121. The molecule has 8 heteroatoms. The van der Waals surface area contributed by atoms with Crippen LogP contribution >= 0.6 is 11.3 Å². The first-order valence-electron chi connectivity index (χ1n) is 12.9. The van der Waals surface area contributed by atoms with Gasteiger partial charge >= 0.3 is 0 Å². The fraction of sp³-hybridized carbons (Fsp3) is 0.345. The molecule has 2 aliphatic heterocycles. The number of hydrogen-bond acceptors (Lipinski definition) is 6. The van der Waals surface area contributed by atoms with Gasteiger partial charge in [0.2, 0.25) is 5.91 Å². The van der Waals surface area contributed by atoms with Crippen LogP contribution in [0.2, 0.25) is 0 Å². The molecular weight excluding hydrogens is 482 g/mol. The van der Waals surface area contributed by atoms with Gasteiger partial charge in [-0.05, 0) is 85.2 Å². The maximum Gasteiger partial charge on any atom is 0.241 e. The number of H-pyrrole nitrogens is 1. The van der Waals surface area contributed by atoms with E-state index in [-0.39, 0.29) is 17.7 Å². The van der Waals surface area contributed by atoms with Crippen molar-refractivity contribution in [2.75, 3.05) is 44.7 Å². The quantitative estimate of drug-likeness (QED) is 0.394. The molecule has 1 amide bonds. The summed E-state index contributed by atoms with van der Waals surface area (Å²) in [4.78, 5) is 32.3. The molecule has 1 unspecified atom stereocenters. The number of Topliss-reactive ketones (excluding diaryl/α,β-unsaturated/α-hetero) is 1. The molecule has 2 aromatic heterocycles. The maximum absolute atomic E-state index is 13.6. The van der Waals surface area contributed by atoms with E-state index in [0.29, 0.717) is 19.5 Å². The van der Waals surface area contributed by atoms with Crippen LogP contribution < -0.4 is 4.90 Å². The van der Waals surface area contributed by atoms with Crippen molar-refractivity contribution in [2.24, 2.45) is 0 Å². The van der Waals surface area contributed by atoms with Crippen molar-refractivity contribution in [2.45, 2.75) is 25.3 Å². The highest BCUT2D eigenvalue weighted by Gasteiger charge is 2.30. The zero-order valence-corrected chi connectivity index (χ0v) is 21.8. The molecular formula is C29H31N5O2S. The van der Waals surface area contributed by atoms with Crippen LogP contribution in [0, 0.1) is 0 Å². The summed E-state index contributed by atoms with van der Waals surface area (Å²) >= 11 is 1.65. The Morgan fingerprint density at radius 3 is 2.59 bits per heavy atom. The Kier molecular flexibility index (Phi) is 6.63. The molecule has 2 aliphatic rings. The Hall–Kier alpha value is -3.33. The van der Waals surface area contributed by atoms with Crippen LogP contribution in [-0.2, 0) is 16.0 Å². The maximum atomic E-state index is 13.6. The minimum atomic E-state index is -0.168. The van der Waals surface area contributed by atoms with Crippen LogP contribution in [0.25, 0.3) is 22.2 Å². The number of rotatable bonds is 7. The SMILES string of the molecule is CN1CCN(c2ccc(-c3n[nH]c4ccc(CC(=O)C(c5ccsc5)N5CCCC5)cc34)cc2)C(=O)C1. The second kappa shape index (κ2) is 10.2. The lowest BCUT2D eigenvalue weighted by Gasteiger charge is -2.32. The van der Waals surface area contributed by atoms with Crippen molar-refractivity contribution >= 4 is 39.6 Å². The van der Waals surface area contributed by atoms with Gasteiger partial charge in [-0.2, -0.15) is 16.4 Å². The number of hydrogen-bond donors (Lipinski definition) is 1. The van der Waals surface area contributed by atoms with E-state index >= 15 is 0 Å². The van der Waals surface area contributed by atoms with Crippen molar-refractivity contribution in [3.63, 3.8) is 0 Å². The lowest BCUT2D eigenvalue weighted by atomic mass is 9.97. The smallest absolute Gasteiger partial charge is 0.241 e. The van der Waals surface area contributed by atoms with Gasteiger partial charge in [-0.15, -0.1) is 0 Å². The number of likely N-dealkylation sites (N-methyl/N-ethyl adjacent to an activating group) is 1. The number of carbonyl (C=O) groups is 2. The standard InChI is InChI=1S/C29H31N5O2S/c1-32-13-14-34(27(36)18-32)23-7-5-21(6-8-23)28-24-16-20(4-9-25(24)30-31-28)17-26(35)29(22-10-15-37-19-22)33-11-2-3-12-33/h4-10,15-16,19,29H,2-3,11-14,17-18H2,1H3,(H,30,31). The predicted molar refractivity (Wildman–Crippen MR) is 148 cm³/mol. The number of fused-ring (bicyclic) bond motifs is 1. The van der Waals surface area contributed by atoms with Crippen molar-refractivity contribution in [1.82, 2.24) is 20.0 Å². The first kappa shape index (κ1) is 24.0. The monoisotopic (exact) mass is 513 g/mol. The molecule has 190 valence electrons. The molecule has 2 saturated heterocycles. The largest absolute Gasteiger partial charge is 0.310 e. The zero-order chi connectivity index (χ0) is 25.4. The van der Waals surface area contributed by atoms with Crippen LogP contribution in [0.3, 0.4) is 0 Å². The summed E-state index contributed by atoms with van der Waals surface area (Å²) in [6, 6.07) is 16.1. The Balaban J connectivity index is 1.24. The summed E-state index contributed by atoms with van der Waals surface area (Å²) < 4.78 is 0. The van der Waals surface area contributed by atoms with E-state index in [1.165, 1.54) is 0 Å². The Morgan fingerprint density at radius 2 is 1.86 bits per heavy atom. The number of ketones is 1. The average molecular weight is 514 g/mol. The molecule has 37 heavy (non-hydrogen) atoms. The number of thiophene rings is 1. The van der Waals surface area contributed by atoms with Gasteiger partial charge in [0.15, 0.2) is 5.78 Å². The van der Waals surface area contributed by atoms with Crippen LogP contribution in [0.4, 0.5) is 5.69 Å². The molecule has 1 N–H and O–H groups in total. The van der Waals surface area contributed by atoms with E-state index < -0.39 is 0 Å². The average Bonchev–Trinajstić information content (AvgIpc) is 3.68. The number of aromatic nitrogens is 2. The van der Waals surface area contributed by atoms with Gasteiger partial charge < -0.3 is 4.90 Å². The van der Waals surface area contributed by atoms with Crippen molar-refractivity contribution in [3.05, 3.63) is 70.4 Å². The van der Waals surface area contributed by atoms with Gasteiger partial charge in [-0.1, -0.05) is 18.2 Å². The van der Waals surface area contributed by atoms with Gasteiger partial charge in [-0.3, -0.25) is 24.5 Å². The van der Waals surface area contributed by atoms with Crippen molar-refractivity contribution < 1.29 is 9.59 Å². The highest BCUT2D eigenvalue weighted by Crippen LogP contribution is 2.32. The molecule has 4 heterocycles. The molecule has 6 rings (SSSR count). The topological polar surface area (TPSA) is 72.5 Å². The molecule has 0 radical (unpaired) electrons. The van der Waals surface area contributed by atoms with E-state index in [1.807, 2.05) is 53.2 Å². The molecule has 2 aromatic carbocycles. The number of piperazine rings is 1. The number of nitrogens with zero attached hydrogens (tertiary/aromatic N) is 4. The fourth-order valence-electron chi connectivity index (χ4n) is 5.58. The lowest BCUT2D eigenvalue weighted by molar-refractivity contribution is -0.123. The normalized spacial score (nSPS) is 18.1. The first-order chi connectivity index (χ1) is 18.1. The van der Waals surface area contributed by atoms with Gasteiger partial charge in [0.05, 0.1) is 23.8 Å². The van der Waals surface area contributed by atoms with E-state index in [4.69, 9.17) is 0 Å². The molecule has 4 aromatic rings. The van der Waals surface area contributed by atoms with Gasteiger partial charge in [0.25, 0.3) is 0 Å². The molecule has 2 fully saturated rings. The fourth-order valence-corrected chi connectivity index (χ4v) is 6.26. The molecule has 0 saturated carbocycles. The zero-order valence-electron chi connectivity index (χ0n) is 21.0. The van der Waals surface area contributed by atoms with E-state index in [0.717, 1.165) is 71.5 Å². The minimum Gasteiger partial charge on any atom is -0.310 e. The molecule has 1 atom stereocenters. The lowest BCUT2D eigenvalue weighted by Crippen LogP contribution is -2.48. The Labute approximate surface area is 220 Å². The highest BCUT2D eigenvalue weighted by molar-refractivity contribution is 7.08. The number of nitrogens with one attached hydrogen (secondary N) is 1. The molecule has 0 bridgehead atoms. The highest BCUT2D eigenvalue weighted by atomic mass is 32.1. The predicted octanol–water partition coefficient (Wildman–Crippen LogP) is 4.52. The van der Waals surface area contributed by atoms with Crippen LogP contribution in [-0.4, -0.2) is 71.5 Å². The Bertz CT molecular complexity index is 1410. The van der Waals surface area contributed by atoms with Crippen molar-refractivity contribution in [3.8, 4) is 11.3 Å². The number of aromatic amines is 1. The summed E-state index contributed by atoms with van der Waals surface area (Å²) in [7, 11) is 1.97. The molecule has 0 aliphatic carbocycles. The molecule has 0 spiro atoms. The third-order valence-electron chi connectivity index (χ3n) is 7.54. The third kappa shape index (κ3) is 4.84. The van der Waals surface area contributed by atoms with E-state index in [2.05, 4.69) is 38.0 Å². The summed E-state index contributed by atoms with van der Waals surface area (Å²) in [5.74, 6) is 0.363. The van der Waals surface area contributed by atoms with Gasteiger partial charge in [0, 0.05) is 36.1 Å². The van der Waals surface area contributed by atoms with Crippen LogP contribution in [0.1, 0.15) is 30.0 Å².